The Labute approximate surface area is 103 Å². The standard InChI is InChI=1S/C12H22N2O3/c1-4-14(8-6-11(15)17-3)12(16)10-5-7-13(2)9-10/h10H,4-9H2,1-3H3. The number of carbonyl (C=O) groups is 2. The van der Waals surface area contributed by atoms with Gasteiger partial charge in [0.15, 0.2) is 0 Å². The number of rotatable bonds is 5. The van der Waals surface area contributed by atoms with Gasteiger partial charge in [-0.25, -0.2) is 0 Å². The molecular formula is C12H22N2O3. The molecule has 1 heterocycles. The van der Waals surface area contributed by atoms with E-state index in [-0.39, 0.29) is 24.2 Å². The summed E-state index contributed by atoms with van der Waals surface area (Å²) in [6.45, 7) is 4.85. The lowest BCUT2D eigenvalue weighted by Gasteiger charge is -2.23. The van der Waals surface area contributed by atoms with Crippen LogP contribution in [0.15, 0.2) is 0 Å². The number of hydrogen-bond donors (Lipinski definition) is 0. The van der Waals surface area contributed by atoms with Gasteiger partial charge in [-0.15, -0.1) is 0 Å². The normalized spacial score (nSPS) is 20.3. The molecule has 1 fully saturated rings. The Bertz CT molecular complexity index is 281. The van der Waals surface area contributed by atoms with Crippen molar-refractivity contribution in [2.24, 2.45) is 5.92 Å². The van der Waals surface area contributed by atoms with E-state index in [0.29, 0.717) is 13.1 Å². The highest BCUT2D eigenvalue weighted by molar-refractivity contribution is 5.80. The number of carbonyl (C=O) groups excluding carboxylic acids is 2. The van der Waals surface area contributed by atoms with E-state index in [1.807, 2.05) is 14.0 Å². The summed E-state index contributed by atoms with van der Waals surface area (Å²) in [5.74, 6) is -0.00172. The van der Waals surface area contributed by atoms with Gasteiger partial charge in [0.05, 0.1) is 19.4 Å². The van der Waals surface area contributed by atoms with Crippen molar-refractivity contribution in [2.45, 2.75) is 19.8 Å². The van der Waals surface area contributed by atoms with E-state index in [2.05, 4.69) is 9.64 Å². The van der Waals surface area contributed by atoms with Crippen LogP contribution in [0.5, 0.6) is 0 Å². The van der Waals surface area contributed by atoms with Crippen molar-refractivity contribution in [1.82, 2.24) is 9.80 Å². The Hall–Kier alpha value is -1.10. The second-order valence-electron chi connectivity index (χ2n) is 4.49. The van der Waals surface area contributed by atoms with Crippen LogP contribution >= 0.6 is 0 Å². The summed E-state index contributed by atoms with van der Waals surface area (Å²) in [5.41, 5.74) is 0. The Morgan fingerprint density at radius 1 is 1.47 bits per heavy atom. The topological polar surface area (TPSA) is 49.9 Å². The van der Waals surface area contributed by atoms with Crippen LogP contribution in [0.4, 0.5) is 0 Å². The number of amides is 1. The van der Waals surface area contributed by atoms with Crippen LogP contribution in [-0.4, -0.2) is 62.0 Å². The molecule has 0 N–H and O–H groups in total. The third-order valence-corrected chi connectivity index (χ3v) is 3.25. The first-order valence-corrected chi connectivity index (χ1v) is 6.12. The van der Waals surface area contributed by atoms with E-state index >= 15 is 0 Å². The molecule has 0 bridgehead atoms. The summed E-state index contributed by atoms with van der Waals surface area (Å²) in [6, 6.07) is 0. The molecule has 1 atom stereocenters. The van der Waals surface area contributed by atoms with Crippen molar-refractivity contribution >= 4 is 11.9 Å². The Kier molecular flexibility index (Phi) is 5.41. The summed E-state index contributed by atoms with van der Waals surface area (Å²) < 4.78 is 4.58. The van der Waals surface area contributed by atoms with Crippen LogP contribution in [0.2, 0.25) is 0 Å². The summed E-state index contributed by atoms with van der Waals surface area (Å²) >= 11 is 0. The molecule has 1 amide bonds. The van der Waals surface area contributed by atoms with Gasteiger partial charge < -0.3 is 14.5 Å². The molecule has 1 rings (SSSR count). The maximum absolute atomic E-state index is 12.2. The second-order valence-corrected chi connectivity index (χ2v) is 4.49. The molecule has 0 saturated carbocycles. The predicted molar refractivity (Wildman–Crippen MR) is 64.5 cm³/mol. The maximum Gasteiger partial charge on any atom is 0.307 e. The number of methoxy groups -OCH3 is 1. The van der Waals surface area contributed by atoms with Crippen molar-refractivity contribution in [3.8, 4) is 0 Å². The van der Waals surface area contributed by atoms with Crippen LogP contribution in [-0.2, 0) is 14.3 Å². The van der Waals surface area contributed by atoms with Crippen molar-refractivity contribution in [1.29, 1.82) is 0 Å². The van der Waals surface area contributed by atoms with Crippen LogP contribution < -0.4 is 0 Å². The molecule has 98 valence electrons. The number of ether oxygens (including phenoxy) is 1. The number of esters is 1. The SMILES string of the molecule is CCN(CCC(=O)OC)C(=O)C1CCN(C)C1. The lowest BCUT2D eigenvalue weighted by atomic mass is 10.1. The predicted octanol–water partition coefficient (Wildman–Crippen LogP) is 0.350. The van der Waals surface area contributed by atoms with Crippen molar-refractivity contribution in [3.63, 3.8) is 0 Å². The molecule has 0 aromatic carbocycles. The average Bonchev–Trinajstić information content (AvgIpc) is 2.76. The Morgan fingerprint density at radius 3 is 2.65 bits per heavy atom. The first-order valence-electron chi connectivity index (χ1n) is 6.12. The summed E-state index contributed by atoms with van der Waals surface area (Å²) in [7, 11) is 3.39. The Morgan fingerprint density at radius 2 is 2.18 bits per heavy atom. The van der Waals surface area contributed by atoms with Gasteiger partial charge in [0.2, 0.25) is 5.91 Å². The minimum Gasteiger partial charge on any atom is -0.469 e. The largest absolute Gasteiger partial charge is 0.469 e. The number of nitrogens with zero attached hydrogens (tertiary/aromatic N) is 2. The highest BCUT2D eigenvalue weighted by Gasteiger charge is 2.29. The van der Waals surface area contributed by atoms with Gasteiger partial charge in [0.1, 0.15) is 0 Å². The van der Waals surface area contributed by atoms with Crippen molar-refractivity contribution < 1.29 is 14.3 Å². The zero-order chi connectivity index (χ0) is 12.8. The number of hydrogen-bond acceptors (Lipinski definition) is 4. The van der Waals surface area contributed by atoms with Gasteiger partial charge in [-0.05, 0) is 26.9 Å². The van der Waals surface area contributed by atoms with Crippen molar-refractivity contribution in [3.05, 3.63) is 0 Å². The molecule has 5 nitrogen and oxygen atoms in total. The van der Waals surface area contributed by atoms with E-state index in [4.69, 9.17) is 0 Å². The zero-order valence-electron chi connectivity index (χ0n) is 10.9. The van der Waals surface area contributed by atoms with Gasteiger partial charge in [-0.1, -0.05) is 0 Å². The quantitative estimate of drug-likeness (QED) is 0.653. The van der Waals surface area contributed by atoms with Gasteiger partial charge in [0, 0.05) is 19.6 Å². The maximum atomic E-state index is 12.2. The second kappa shape index (κ2) is 6.59. The fraction of sp³-hybridized carbons (Fsp3) is 0.833. The lowest BCUT2D eigenvalue weighted by Crippen LogP contribution is -2.38. The van der Waals surface area contributed by atoms with Gasteiger partial charge in [-0.2, -0.15) is 0 Å². The van der Waals surface area contributed by atoms with E-state index in [1.165, 1.54) is 7.11 Å². The first-order chi connectivity index (χ1) is 8.08. The fourth-order valence-electron chi connectivity index (χ4n) is 2.15. The lowest BCUT2D eigenvalue weighted by molar-refractivity contribution is -0.142. The summed E-state index contributed by atoms with van der Waals surface area (Å²) in [5, 5.41) is 0. The molecule has 17 heavy (non-hydrogen) atoms. The molecule has 5 heteroatoms. The molecular weight excluding hydrogens is 220 g/mol. The molecule has 0 aromatic rings. The smallest absolute Gasteiger partial charge is 0.307 e. The van der Waals surface area contributed by atoms with E-state index in [1.54, 1.807) is 4.90 Å². The Balaban J connectivity index is 2.43. The number of likely N-dealkylation sites (tertiary alicyclic amines) is 1. The third kappa shape index (κ3) is 4.00. The zero-order valence-corrected chi connectivity index (χ0v) is 10.9. The highest BCUT2D eigenvalue weighted by Crippen LogP contribution is 2.17. The van der Waals surface area contributed by atoms with E-state index < -0.39 is 0 Å². The summed E-state index contributed by atoms with van der Waals surface area (Å²) in [6.07, 6.45) is 1.20. The van der Waals surface area contributed by atoms with Gasteiger partial charge in [0.25, 0.3) is 0 Å². The molecule has 0 aliphatic carbocycles. The van der Waals surface area contributed by atoms with E-state index in [0.717, 1.165) is 19.5 Å². The fourth-order valence-corrected chi connectivity index (χ4v) is 2.15. The van der Waals surface area contributed by atoms with Crippen LogP contribution in [0.25, 0.3) is 0 Å². The first kappa shape index (κ1) is 14.0. The molecule has 1 aliphatic rings. The van der Waals surface area contributed by atoms with E-state index in [9.17, 15) is 9.59 Å². The molecule has 1 aliphatic heterocycles. The molecule has 0 radical (unpaired) electrons. The van der Waals surface area contributed by atoms with Crippen LogP contribution in [0, 0.1) is 5.92 Å². The molecule has 1 saturated heterocycles. The minimum absolute atomic E-state index is 0.0950. The van der Waals surface area contributed by atoms with Gasteiger partial charge in [-0.3, -0.25) is 9.59 Å². The van der Waals surface area contributed by atoms with Crippen LogP contribution in [0.3, 0.4) is 0 Å². The van der Waals surface area contributed by atoms with Gasteiger partial charge >= 0.3 is 5.97 Å². The molecule has 1 unspecified atom stereocenters. The summed E-state index contributed by atoms with van der Waals surface area (Å²) in [4.78, 5) is 27.1. The average molecular weight is 242 g/mol. The monoisotopic (exact) mass is 242 g/mol. The van der Waals surface area contributed by atoms with Crippen molar-refractivity contribution in [2.75, 3.05) is 40.3 Å². The molecule has 0 spiro atoms. The minimum atomic E-state index is -0.264. The van der Waals surface area contributed by atoms with Crippen LogP contribution in [0.1, 0.15) is 19.8 Å². The third-order valence-electron chi connectivity index (χ3n) is 3.25. The highest BCUT2D eigenvalue weighted by atomic mass is 16.5. The molecule has 0 aromatic heterocycles.